The Balaban J connectivity index is 0.000000209. The standard InChI is InChI=1S/2C24H29.C2H6Si.2ClH.Zr/c2*1-15(2)19-11-20(16(3)4)13-22(12-19)23-9-7-8-18-10-21(17(5)6)14-24(18)23;1-3-2;;;/h2*7-17H,1-6H3;1-2H3;2*1H;/q2*-1;;;;+2/p-2. The summed E-state index contributed by atoms with van der Waals surface area (Å²) in [6.45, 7) is 31.7. The zero-order valence-electron chi connectivity index (χ0n) is 35.5. The summed E-state index contributed by atoms with van der Waals surface area (Å²) in [5.41, 5.74) is 13.8. The predicted octanol–water partition coefficient (Wildman–Crippen LogP) is 17.4. The Hall–Kier alpha value is -2.22. The van der Waals surface area contributed by atoms with E-state index in [1.807, 2.05) is 0 Å². The average Bonchev–Trinajstić information content (AvgIpc) is 3.77. The zero-order chi connectivity index (χ0) is 40.0. The van der Waals surface area contributed by atoms with E-state index < -0.39 is 18.0 Å². The van der Waals surface area contributed by atoms with Crippen LogP contribution in [0.25, 0.3) is 43.8 Å². The molecule has 54 heavy (non-hydrogen) atoms. The van der Waals surface area contributed by atoms with E-state index in [2.05, 4.69) is 193 Å². The van der Waals surface area contributed by atoms with Gasteiger partial charge in [-0.25, -0.2) is 0 Å². The molecule has 0 atom stereocenters. The fourth-order valence-corrected chi connectivity index (χ4v) is 6.68. The summed E-state index contributed by atoms with van der Waals surface area (Å²) in [6, 6.07) is 37.1. The Morgan fingerprint density at radius 2 is 0.741 bits per heavy atom. The van der Waals surface area contributed by atoms with Gasteiger partial charge in [0, 0.05) is 0 Å². The molecule has 0 saturated heterocycles. The van der Waals surface area contributed by atoms with Gasteiger partial charge in [-0.15, -0.1) is 69.1 Å². The molecule has 6 rings (SSSR count). The first-order chi connectivity index (χ1) is 25.4. The van der Waals surface area contributed by atoms with Crippen LogP contribution in [0.15, 0.2) is 97.1 Å². The Morgan fingerprint density at radius 1 is 0.444 bits per heavy atom. The van der Waals surface area contributed by atoms with Crippen molar-refractivity contribution in [3.8, 4) is 22.3 Å². The maximum atomic E-state index is 5.62. The minimum absolute atomic E-state index is 0.224. The van der Waals surface area contributed by atoms with Gasteiger partial charge in [0.2, 0.25) is 0 Å². The molecule has 0 fully saturated rings. The summed E-state index contributed by atoms with van der Waals surface area (Å²) >= 11 is -1.65. The first-order valence-corrected chi connectivity index (χ1v) is 32.6. The third-order valence-corrected chi connectivity index (χ3v) is 30.2. The van der Waals surface area contributed by atoms with Gasteiger partial charge in [0.25, 0.3) is 0 Å². The molecule has 4 heteroatoms. The van der Waals surface area contributed by atoms with Crippen LogP contribution in [0, 0.1) is 0 Å². The van der Waals surface area contributed by atoms with Crippen LogP contribution in [0.2, 0.25) is 13.1 Å². The fraction of sp³-hybridized carbons (Fsp3) is 0.400. The Labute approximate surface area is 343 Å². The molecule has 0 aromatic heterocycles. The number of halogens is 2. The van der Waals surface area contributed by atoms with E-state index >= 15 is 0 Å². The molecule has 0 spiro atoms. The summed E-state index contributed by atoms with van der Waals surface area (Å²) in [6.07, 6.45) is 0. The molecule has 6 aromatic rings. The van der Waals surface area contributed by atoms with Crippen molar-refractivity contribution in [3.63, 3.8) is 0 Å². The molecule has 0 amide bonds. The SMILES string of the molecule is CC(C)c1cc(-c2cccc3[cH-]c(C(C)C)cc23)cc(C(C)C)c1.CC(C)c1cc(-c2cccc3[cH-]c(C(C)C)cc23)cc(C(C)C)c1.C[Si](C)=[Zr]([Cl])[Cl]. The molecule has 0 unspecified atom stereocenters. The second-order valence-electron chi connectivity index (χ2n) is 17.2. The molecule has 0 bridgehead atoms. The van der Waals surface area contributed by atoms with Gasteiger partial charge in [0.1, 0.15) is 0 Å². The van der Waals surface area contributed by atoms with Gasteiger partial charge >= 0.3 is 53.5 Å². The number of rotatable bonds is 8. The molecule has 0 saturated carbocycles. The quantitative estimate of drug-likeness (QED) is 0.106. The van der Waals surface area contributed by atoms with E-state index in [1.165, 1.54) is 77.2 Å². The zero-order valence-corrected chi connectivity index (χ0v) is 40.4. The van der Waals surface area contributed by atoms with Crippen LogP contribution < -0.4 is 0 Å². The Morgan fingerprint density at radius 3 is 0.981 bits per heavy atom. The van der Waals surface area contributed by atoms with Crippen molar-refractivity contribution >= 4 is 44.0 Å². The van der Waals surface area contributed by atoms with E-state index in [0.29, 0.717) is 35.5 Å². The molecule has 0 heterocycles. The molecule has 0 radical (unpaired) electrons. The van der Waals surface area contributed by atoms with E-state index in [4.69, 9.17) is 17.0 Å². The summed E-state index contributed by atoms with van der Waals surface area (Å²) < 4.78 is 0. The van der Waals surface area contributed by atoms with E-state index in [1.54, 1.807) is 0 Å². The Bertz CT molecular complexity index is 1970. The van der Waals surface area contributed by atoms with Crippen LogP contribution >= 0.6 is 17.0 Å². The maximum absolute atomic E-state index is 5.62. The normalized spacial score (nSPS) is 11.6. The molecular formula is C50H64Cl2SiZr-2. The van der Waals surface area contributed by atoms with Gasteiger partial charge in [-0.3, -0.25) is 0 Å². The summed E-state index contributed by atoms with van der Waals surface area (Å²) in [7, 11) is 11.2. The number of hydrogen-bond donors (Lipinski definition) is 0. The summed E-state index contributed by atoms with van der Waals surface area (Å²) in [5, 5.41) is 5.49. The van der Waals surface area contributed by atoms with Crippen LogP contribution in [0.1, 0.15) is 152 Å². The number of benzene rings is 4. The van der Waals surface area contributed by atoms with Gasteiger partial charge in [0.05, 0.1) is 0 Å². The van der Waals surface area contributed by atoms with Gasteiger partial charge in [0.15, 0.2) is 0 Å². The summed E-state index contributed by atoms with van der Waals surface area (Å²) in [5.74, 6) is 3.33. The van der Waals surface area contributed by atoms with Crippen LogP contribution in [0.4, 0.5) is 0 Å². The molecule has 288 valence electrons. The molecule has 0 aliphatic heterocycles. The van der Waals surface area contributed by atoms with Crippen molar-refractivity contribution in [1.82, 2.24) is 0 Å². The molecule has 6 aromatic carbocycles. The first kappa shape index (κ1) is 44.5. The second kappa shape index (κ2) is 19.8. The van der Waals surface area contributed by atoms with Gasteiger partial charge < -0.3 is 0 Å². The second-order valence-corrected chi connectivity index (χ2v) is 40.1. The topological polar surface area (TPSA) is 0 Å². The van der Waals surface area contributed by atoms with E-state index in [0.717, 1.165) is 0 Å². The van der Waals surface area contributed by atoms with Crippen LogP contribution in [0.3, 0.4) is 0 Å². The molecular weight excluding hydrogens is 791 g/mol. The van der Waals surface area contributed by atoms with E-state index in [9.17, 15) is 0 Å². The molecule has 0 aliphatic rings. The van der Waals surface area contributed by atoms with Crippen LogP contribution in [-0.2, 0) is 18.0 Å². The average molecular weight is 855 g/mol. The van der Waals surface area contributed by atoms with Gasteiger partial charge in [-0.05, 0) is 68.9 Å². The third-order valence-electron chi connectivity index (χ3n) is 10.5. The van der Waals surface area contributed by atoms with Crippen LogP contribution in [-0.4, -0.2) is 5.43 Å². The van der Waals surface area contributed by atoms with Crippen molar-refractivity contribution in [3.05, 3.63) is 130 Å². The molecule has 0 aliphatic carbocycles. The van der Waals surface area contributed by atoms with Gasteiger partial charge in [-0.2, -0.15) is 12.1 Å². The molecule has 0 N–H and O–H groups in total. The fourth-order valence-electron chi connectivity index (χ4n) is 6.68. The number of fused-ring (bicyclic) bond motifs is 2. The van der Waals surface area contributed by atoms with Crippen molar-refractivity contribution < 1.29 is 18.0 Å². The molecule has 0 nitrogen and oxygen atoms in total. The predicted molar refractivity (Wildman–Crippen MR) is 244 cm³/mol. The van der Waals surface area contributed by atoms with Crippen LogP contribution in [0.5, 0.6) is 0 Å². The Kier molecular flexibility index (Phi) is 16.3. The van der Waals surface area contributed by atoms with Crippen molar-refractivity contribution in [2.24, 2.45) is 0 Å². The van der Waals surface area contributed by atoms with Gasteiger partial charge in [-0.1, -0.05) is 143 Å². The third kappa shape index (κ3) is 11.4. The monoisotopic (exact) mass is 852 g/mol. The van der Waals surface area contributed by atoms with E-state index in [-0.39, 0.29) is 5.43 Å². The first-order valence-electron chi connectivity index (χ1n) is 20.0. The summed E-state index contributed by atoms with van der Waals surface area (Å²) in [4.78, 5) is 0. The van der Waals surface area contributed by atoms with Crippen molar-refractivity contribution in [1.29, 1.82) is 0 Å². The number of hydrogen-bond acceptors (Lipinski definition) is 0. The minimum atomic E-state index is -1.65. The van der Waals surface area contributed by atoms with Crippen molar-refractivity contribution in [2.75, 3.05) is 0 Å². The van der Waals surface area contributed by atoms with Crippen molar-refractivity contribution in [2.45, 2.75) is 132 Å².